The summed E-state index contributed by atoms with van der Waals surface area (Å²) in [5.74, 6) is 1.09. The Kier molecular flexibility index (Phi) is 3.93. The first-order valence-corrected chi connectivity index (χ1v) is 7.42. The number of nitrogens with zero attached hydrogens (tertiary/aromatic N) is 5. The number of likely N-dealkylation sites (N-methyl/N-ethyl adjacent to an activating group) is 1. The van der Waals surface area contributed by atoms with Crippen LogP contribution in [0.5, 0.6) is 0 Å². The molecule has 2 aromatic heterocycles. The summed E-state index contributed by atoms with van der Waals surface area (Å²) in [5.41, 5.74) is 1.42. The molecule has 0 spiro atoms. The van der Waals surface area contributed by atoms with E-state index in [1.807, 2.05) is 20.0 Å². The van der Waals surface area contributed by atoms with Gasteiger partial charge in [0.1, 0.15) is 11.7 Å². The molecular formula is C14H20N6O2. The Bertz CT molecular complexity index is 664. The van der Waals surface area contributed by atoms with Gasteiger partial charge in [0.25, 0.3) is 5.91 Å². The molecule has 3 rings (SSSR count). The fraction of sp³-hybridized carbons (Fsp3) is 0.571. The SMILES string of the molecule is CCc1cc(C(=O)N2CCN(C)C(c3nc(C)no3)C2)n[nH]1. The van der Waals surface area contributed by atoms with Crippen LogP contribution in [-0.4, -0.2) is 62.7 Å². The van der Waals surface area contributed by atoms with E-state index in [9.17, 15) is 4.79 Å². The van der Waals surface area contributed by atoms with Crippen molar-refractivity contribution >= 4 is 5.91 Å². The van der Waals surface area contributed by atoms with E-state index < -0.39 is 0 Å². The van der Waals surface area contributed by atoms with E-state index in [0.717, 1.165) is 18.7 Å². The van der Waals surface area contributed by atoms with Gasteiger partial charge in [-0.3, -0.25) is 14.8 Å². The fourth-order valence-electron chi connectivity index (χ4n) is 2.59. The number of carbonyl (C=O) groups excluding carboxylic acids is 1. The number of nitrogens with one attached hydrogen (secondary N) is 1. The predicted octanol–water partition coefficient (Wildman–Crippen LogP) is 0.792. The maximum Gasteiger partial charge on any atom is 0.274 e. The maximum atomic E-state index is 12.6. The zero-order valence-corrected chi connectivity index (χ0v) is 13.0. The van der Waals surface area contributed by atoms with Crippen LogP contribution in [0.1, 0.15) is 40.9 Å². The lowest BCUT2D eigenvalue weighted by atomic mass is 10.1. The third-order valence-electron chi connectivity index (χ3n) is 3.99. The predicted molar refractivity (Wildman–Crippen MR) is 78.3 cm³/mol. The van der Waals surface area contributed by atoms with E-state index >= 15 is 0 Å². The minimum atomic E-state index is -0.0801. The van der Waals surface area contributed by atoms with Gasteiger partial charge in [-0.15, -0.1) is 0 Å². The lowest BCUT2D eigenvalue weighted by molar-refractivity contribution is 0.0484. The first-order chi connectivity index (χ1) is 10.6. The van der Waals surface area contributed by atoms with Gasteiger partial charge in [-0.25, -0.2) is 0 Å². The highest BCUT2D eigenvalue weighted by molar-refractivity contribution is 5.92. The van der Waals surface area contributed by atoms with Gasteiger partial charge in [0.05, 0.1) is 0 Å². The number of aromatic nitrogens is 4. The van der Waals surface area contributed by atoms with Gasteiger partial charge in [0, 0.05) is 25.3 Å². The molecule has 2 aromatic rings. The minimum Gasteiger partial charge on any atom is -0.338 e. The molecule has 0 radical (unpaired) electrons. The molecule has 1 atom stereocenters. The number of rotatable bonds is 3. The number of carbonyl (C=O) groups is 1. The number of H-pyrrole nitrogens is 1. The van der Waals surface area contributed by atoms with Crippen LogP contribution in [0.4, 0.5) is 0 Å². The smallest absolute Gasteiger partial charge is 0.274 e. The molecule has 1 aliphatic heterocycles. The Morgan fingerprint density at radius 1 is 1.50 bits per heavy atom. The lowest BCUT2D eigenvalue weighted by Gasteiger charge is -2.37. The second-order valence-electron chi connectivity index (χ2n) is 5.56. The molecule has 8 nitrogen and oxygen atoms in total. The van der Waals surface area contributed by atoms with Gasteiger partial charge in [0.15, 0.2) is 5.82 Å². The molecule has 1 aliphatic rings. The number of hydrogen-bond acceptors (Lipinski definition) is 6. The van der Waals surface area contributed by atoms with Crippen molar-refractivity contribution in [3.05, 3.63) is 29.2 Å². The average Bonchev–Trinajstić information content (AvgIpc) is 3.16. The molecule has 0 bridgehead atoms. The van der Waals surface area contributed by atoms with Gasteiger partial charge < -0.3 is 9.42 Å². The molecule has 8 heteroatoms. The molecule has 3 heterocycles. The molecule has 22 heavy (non-hydrogen) atoms. The van der Waals surface area contributed by atoms with Crippen LogP contribution in [0, 0.1) is 6.92 Å². The third kappa shape index (κ3) is 2.74. The minimum absolute atomic E-state index is 0.0645. The first kappa shape index (κ1) is 14.7. The molecule has 1 unspecified atom stereocenters. The number of aryl methyl sites for hydroxylation is 2. The summed E-state index contributed by atoms with van der Waals surface area (Å²) in [6, 6.07) is 1.73. The molecule has 118 valence electrons. The third-order valence-corrected chi connectivity index (χ3v) is 3.99. The van der Waals surface area contributed by atoms with Gasteiger partial charge >= 0.3 is 0 Å². The summed E-state index contributed by atoms with van der Waals surface area (Å²) in [7, 11) is 2.00. The van der Waals surface area contributed by atoms with Crippen molar-refractivity contribution in [1.29, 1.82) is 0 Å². The Hall–Kier alpha value is -2.22. The molecule has 1 fully saturated rings. The second-order valence-corrected chi connectivity index (χ2v) is 5.56. The molecule has 0 saturated carbocycles. The summed E-state index contributed by atoms with van der Waals surface area (Å²) < 4.78 is 5.27. The molecular weight excluding hydrogens is 284 g/mol. The van der Waals surface area contributed by atoms with Crippen molar-refractivity contribution < 1.29 is 9.32 Å². The number of hydrogen-bond donors (Lipinski definition) is 1. The van der Waals surface area contributed by atoms with E-state index in [0.29, 0.717) is 30.5 Å². The summed E-state index contributed by atoms with van der Waals surface area (Å²) in [5, 5.41) is 10.8. The van der Waals surface area contributed by atoms with Gasteiger partial charge in [-0.05, 0) is 26.5 Å². The van der Waals surface area contributed by atoms with E-state index in [1.165, 1.54) is 0 Å². The number of amides is 1. The zero-order valence-electron chi connectivity index (χ0n) is 13.0. The largest absolute Gasteiger partial charge is 0.338 e. The summed E-state index contributed by atoms with van der Waals surface area (Å²) >= 11 is 0. The van der Waals surface area contributed by atoms with Crippen LogP contribution in [0.25, 0.3) is 0 Å². The van der Waals surface area contributed by atoms with Crippen molar-refractivity contribution in [2.75, 3.05) is 26.7 Å². The number of piperazine rings is 1. The lowest BCUT2D eigenvalue weighted by Crippen LogP contribution is -2.49. The normalized spacial score (nSPS) is 19.6. The highest BCUT2D eigenvalue weighted by Gasteiger charge is 2.33. The summed E-state index contributed by atoms with van der Waals surface area (Å²) in [6.45, 7) is 5.74. The van der Waals surface area contributed by atoms with Crippen LogP contribution in [0.2, 0.25) is 0 Å². The van der Waals surface area contributed by atoms with Crippen LogP contribution in [-0.2, 0) is 6.42 Å². The van der Waals surface area contributed by atoms with E-state index in [4.69, 9.17) is 4.52 Å². The Balaban J connectivity index is 1.76. The van der Waals surface area contributed by atoms with Gasteiger partial charge in [0.2, 0.25) is 5.89 Å². The van der Waals surface area contributed by atoms with Crippen molar-refractivity contribution in [3.63, 3.8) is 0 Å². The standard InChI is InChI=1S/C14H20N6O2/c1-4-10-7-11(17-16-10)14(21)20-6-5-19(3)12(8-20)13-15-9(2)18-22-13/h7,12H,4-6,8H2,1-3H3,(H,16,17). The number of aromatic amines is 1. The molecule has 1 N–H and O–H groups in total. The van der Waals surface area contributed by atoms with Crippen molar-refractivity contribution in [3.8, 4) is 0 Å². The average molecular weight is 304 g/mol. The van der Waals surface area contributed by atoms with Crippen LogP contribution < -0.4 is 0 Å². The first-order valence-electron chi connectivity index (χ1n) is 7.42. The summed E-state index contributed by atoms with van der Waals surface area (Å²) in [4.78, 5) is 20.8. The van der Waals surface area contributed by atoms with Crippen LogP contribution in [0.15, 0.2) is 10.6 Å². The Morgan fingerprint density at radius 2 is 2.32 bits per heavy atom. The van der Waals surface area contributed by atoms with Crippen molar-refractivity contribution in [2.45, 2.75) is 26.3 Å². The fourth-order valence-corrected chi connectivity index (χ4v) is 2.59. The highest BCUT2D eigenvalue weighted by Crippen LogP contribution is 2.23. The van der Waals surface area contributed by atoms with E-state index in [2.05, 4.69) is 25.2 Å². The van der Waals surface area contributed by atoms with Gasteiger partial charge in [-0.2, -0.15) is 10.1 Å². The van der Waals surface area contributed by atoms with Crippen molar-refractivity contribution in [2.24, 2.45) is 0 Å². The maximum absolute atomic E-state index is 12.6. The zero-order chi connectivity index (χ0) is 15.7. The molecule has 0 aliphatic carbocycles. The van der Waals surface area contributed by atoms with E-state index in [-0.39, 0.29) is 11.9 Å². The molecule has 1 saturated heterocycles. The highest BCUT2D eigenvalue weighted by atomic mass is 16.5. The Labute approximate surface area is 128 Å². The second kappa shape index (κ2) is 5.88. The van der Waals surface area contributed by atoms with Crippen LogP contribution >= 0.6 is 0 Å². The molecule has 0 aromatic carbocycles. The Morgan fingerprint density at radius 3 is 2.95 bits per heavy atom. The summed E-state index contributed by atoms with van der Waals surface area (Å²) in [6.07, 6.45) is 0.826. The van der Waals surface area contributed by atoms with E-state index in [1.54, 1.807) is 11.8 Å². The monoisotopic (exact) mass is 304 g/mol. The van der Waals surface area contributed by atoms with Crippen molar-refractivity contribution in [1.82, 2.24) is 30.1 Å². The van der Waals surface area contributed by atoms with Crippen LogP contribution in [0.3, 0.4) is 0 Å². The van der Waals surface area contributed by atoms with Gasteiger partial charge in [-0.1, -0.05) is 12.1 Å². The topological polar surface area (TPSA) is 91.2 Å². The molecule has 1 amide bonds. The quantitative estimate of drug-likeness (QED) is 0.901.